The molecular formula is C20H22N4O4. The molecule has 8 heteroatoms. The number of fused-ring (bicyclic) bond motifs is 1. The molecule has 1 aliphatic rings. The Bertz CT molecular complexity index is 987. The van der Waals surface area contributed by atoms with Crippen molar-refractivity contribution in [3.8, 4) is 11.5 Å². The number of amides is 2. The molecule has 1 fully saturated rings. The zero-order chi connectivity index (χ0) is 19.5. The molecule has 8 nitrogen and oxygen atoms in total. The van der Waals surface area contributed by atoms with E-state index in [4.69, 9.17) is 8.94 Å². The Morgan fingerprint density at radius 1 is 1.25 bits per heavy atom. The number of hydrogen-bond acceptors (Lipinski definition) is 6. The lowest BCUT2D eigenvalue weighted by atomic mass is 10.1. The molecule has 0 aromatic carbocycles. The Morgan fingerprint density at radius 3 is 2.82 bits per heavy atom. The van der Waals surface area contributed by atoms with Gasteiger partial charge in [0.2, 0.25) is 5.91 Å². The number of pyridine rings is 1. The molecule has 0 unspecified atom stereocenters. The molecule has 146 valence electrons. The number of likely N-dealkylation sites (tertiary alicyclic amines) is 1. The van der Waals surface area contributed by atoms with Crippen LogP contribution in [0.25, 0.3) is 22.6 Å². The van der Waals surface area contributed by atoms with Gasteiger partial charge in [0.25, 0.3) is 11.6 Å². The number of carbonyl (C=O) groups is 2. The Hall–Kier alpha value is -3.16. The van der Waals surface area contributed by atoms with Crippen LogP contribution in [0.1, 0.15) is 41.7 Å². The highest BCUT2D eigenvalue weighted by atomic mass is 16.5. The summed E-state index contributed by atoms with van der Waals surface area (Å²) < 4.78 is 10.6. The van der Waals surface area contributed by atoms with Gasteiger partial charge in [0.1, 0.15) is 5.69 Å². The van der Waals surface area contributed by atoms with E-state index in [1.165, 1.54) is 6.42 Å². The van der Waals surface area contributed by atoms with Gasteiger partial charge in [-0.05, 0) is 44.4 Å². The van der Waals surface area contributed by atoms with E-state index in [9.17, 15) is 9.59 Å². The first-order valence-corrected chi connectivity index (χ1v) is 9.50. The van der Waals surface area contributed by atoms with E-state index in [-0.39, 0.29) is 30.5 Å². The number of aryl methyl sites for hydroxylation is 1. The van der Waals surface area contributed by atoms with E-state index < -0.39 is 0 Å². The topological polar surface area (TPSA) is 101 Å². The van der Waals surface area contributed by atoms with Gasteiger partial charge in [-0.2, -0.15) is 0 Å². The lowest BCUT2D eigenvalue weighted by molar-refractivity contribution is -0.131. The monoisotopic (exact) mass is 382 g/mol. The number of carbonyl (C=O) groups excluding carboxylic acids is 2. The van der Waals surface area contributed by atoms with Crippen molar-refractivity contribution in [2.45, 2.75) is 32.6 Å². The fraction of sp³-hybridized carbons (Fsp3) is 0.400. The summed E-state index contributed by atoms with van der Waals surface area (Å²) >= 11 is 0. The molecule has 0 radical (unpaired) electrons. The van der Waals surface area contributed by atoms with Crippen LogP contribution < -0.4 is 5.32 Å². The predicted octanol–water partition coefficient (Wildman–Crippen LogP) is 2.92. The molecule has 0 saturated carbocycles. The van der Waals surface area contributed by atoms with E-state index in [2.05, 4.69) is 15.5 Å². The highest BCUT2D eigenvalue weighted by molar-refractivity contribution is 6.06. The summed E-state index contributed by atoms with van der Waals surface area (Å²) in [7, 11) is 0. The smallest absolute Gasteiger partial charge is 0.259 e. The number of hydrogen-bond donors (Lipinski definition) is 1. The maximum atomic E-state index is 12.8. The normalized spacial score (nSPS) is 14.4. The number of nitrogens with zero attached hydrogens (tertiary/aromatic N) is 3. The van der Waals surface area contributed by atoms with Crippen LogP contribution in [0.3, 0.4) is 0 Å². The molecule has 0 aliphatic carbocycles. The van der Waals surface area contributed by atoms with Crippen LogP contribution >= 0.6 is 0 Å². The Balaban J connectivity index is 1.50. The lowest BCUT2D eigenvalue weighted by Crippen LogP contribution is -2.37. The van der Waals surface area contributed by atoms with Gasteiger partial charge in [0.15, 0.2) is 5.76 Å². The van der Waals surface area contributed by atoms with Gasteiger partial charge in [0.05, 0.1) is 22.9 Å². The van der Waals surface area contributed by atoms with Crippen molar-refractivity contribution in [1.29, 1.82) is 0 Å². The van der Waals surface area contributed by atoms with Crippen LogP contribution in [0, 0.1) is 6.92 Å². The maximum absolute atomic E-state index is 12.8. The molecule has 4 heterocycles. The molecule has 4 rings (SSSR count). The van der Waals surface area contributed by atoms with Gasteiger partial charge < -0.3 is 19.2 Å². The van der Waals surface area contributed by atoms with Crippen molar-refractivity contribution in [3.63, 3.8) is 0 Å². The van der Waals surface area contributed by atoms with Gasteiger partial charge in [-0.3, -0.25) is 9.59 Å². The van der Waals surface area contributed by atoms with Crippen molar-refractivity contribution >= 4 is 22.9 Å². The fourth-order valence-electron chi connectivity index (χ4n) is 3.50. The van der Waals surface area contributed by atoms with Crippen LogP contribution in [-0.4, -0.2) is 46.5 Å². The molecule has 0 atom stereocenters. The average molecular weight is 382 g/mol. The second kappa shape index (κ2) is 7.84. The quantitative estimate of drug-likeness (QED) is 0.728. The number of piperidine rings is 1. The third-order valence-electron chi connectivity index (χ3n) is 4.97. The summed E-state index contributed by atoms with van der Waals surface area (Å²) in [5.74, 6) is 0.320. The number of furan rings is 1. The summed E-state index contributed by atoms with van der Waals surface area (Å²) in [6.07, 6.45) is 5.10. The number of nitrogens with one attached hydrogen (secondary N) is 1. The van der Waals surface area contributed by atoms with Crippen molar-refractivity contribution < 1.29 is 18.5 Å². The van der Waals surface area contributed by atoms with Crippen molar-refractivity contribution in [2.75, 3.05) is 19.6 Å². The molecule has 1 aliphatic heterocycles. The van der Waals surface area contributed by atoms with E-state index in [1.807, 2.05) is 4.90 Å². The first kappa shape index (κ1) is 18.2. The summed E-state index contributed by atoms with van der Waals surface area (Å²) in [6.45, 7) is 3.66. The SMILES string of the molecule is Cc1noc2nc(-c3ccco3)cc(C(=O)NCCC(=O)N3CCCCC3)c12. The predicted molar refractivity (Wildman–Crippen MR) is 102 cm³/mol. The first-order valence-electron chi connectivity index (χ1n) is 9.50. The molecule has 3 aromatic rings. The van der Waals surface area contributed by atoms with Crippen LogP contribution in [-0.2, 0) is 4.79 Å². The van der Waals surface area contributed by atoms with Crippen molar-refractivity contribution in [1.82, 2.24) is 20.4 Å². The zero-order valence-corrected chi connectivity index (χ0v) is 15.7. The third kappa shape index (κ3) is 3.62. The molecule has 0 bridgehead atoms. The number of rotatable bonds is 5. The summed E-state index contributed by atoms with van der Waals surface area (Å²) in [4.78, 5) is 31.4. The second-order valence-corrected chi connectivity index (χ2v) is 6.93. The molecule has 28 heavy (non-hydrogen) atoms. The van der Waals surface area contributed by atoms with E-state index >= 15 is 0 Å². The average Bonchev–Trinajstić information content (AvgIpc) is 3.38. The van der Waals surface area contributed by atoms with Gasteiger partial charge in [-0.1, -0.05) is 5.16 Å². The fourth-order valence-corrected chi connectivity index (χ4v) is 3.50. The first-order chi connectivity index (χ1) is 13.6. The summed E-state index contributed by atoms with van der Waals surface area (Å²) in [5, 5.41) is 7.32. The lowest BCUT2D eigenvalue weighted by Gasteiger charge is -2.26. The van der Waals surface area contributed by atoms with Crippen LogP contribution in [0.2, 0.25) is 0 Å². The van der Waals surface area contributed by atoms with E-state index in [0.29, 0.717) is 28.1 Å². The maximum Gasteiger partial charge on any atom is 0.259 e. The van der Waals surface area contributed by atoms with Crippen molar-refractivity contribution in [3.05, 3.63) is 35.7 Å². The molecule has 0 spiro atoms. The highest BCUT2D eigenvalue weighted by Gasteiger charge is 2.21. The summed E-state index contributed by atoms with van der Waals surface area (Å²) in [5.41, 5.74) is 1.76. The minimum absolute atomic E-state index is 0.0808. The van der Waals surface area contributed by atoms with Crippen LogP contribution in [0.4, 0.5) is 0 Å². The van der Waals surface area contributed by atoms with Crippen LogP contribution in [0.15, 0.2) is 33.4 Å². The van der Waals surface area contributed by atoms with E-state index in [1.54, 1.807) is 31.4 Å². The zero-order valence-electron chi connectivity index (χ0n) is 15.7. The van der Waals surface area contributed by atoms with E-state index in [0.717, 1.165) is 25.9 Å². The van der Waals surface area contributed by atoms with Crippen molar-refractivity contribution in [2.24, 2.45) is 0 Å². The molecular weight excluding hydrogens is 360 g/mol. The van der Waals surface area contributed by atoms with Gasteiger partial charge in [0, 0.05) is 26.1 Å². The Kier molecular flexibility index (Phi) is 5.10. The van der Waals surface area contributed by atoms with Gasteiger partial charge >= 0.3 is 0 Å². The Morgan fingerprint density at radius 2 is 2.07 bits per heavy atom. The van der Waals surface area contributed by atoms with Gasteiger partial charge in [-0.15, -0.1) is 0 Å². The molecule has 2 amide bonds. The molecule has 1 saturated heterocycles. The number of aromatic nitrogens is 2. The largest absolute Gasteiger partial charge is 0.463 e. The van der Waals surface area contributed by atoms with Crippen LogP contribution in [0.5, 0.6) is 0 Å². The summed E-state index contributed by atoms with van der Waals surface area (Å²) in [6, 6.07) is 5.17. The third-order valence-corrected chi connectivity index (χ3v) is 4.97. The standard InChI is InChI=1S/C20H22N4O4/c1-13-18-14(12-15(16-6-5-11-27-16)22-20(18)28-23-13)19(26)21-8-7-17(25)24-9-3-2-4-10-24/h5-6,11-12H,2-4,7-10H2,1H3,(H,21,26). The Labute approximate surface area is 161 Å². The highest BCUT2D eigenvalue weighted by Crippen LogP contribution is 2.27. The minimum Gasteiger partial charge on any atom is -0.463 e. The van der Waals surface area contributed by atoms with Gasteiger partial charge in [-0.25, -0.2) is 4.98 Å². The molecule has 3 aromatic heterocycles. The second-order valence-electron chi connectivity index (χ2n) is 6.93. The molecule has 1 N–H and O–H groups in total. The minimum atomic E-state index is -0.294.